The van der Waals surface area contributed by atoms with Gasteiger partial charge in [0.05, 0.1) is 6.42 Å². The second-order valence-corrected chi connectivity index (χ2v) is 7.08. The lowest BCUT2D eigenvalue weighted by Crippen LogP contribution is -2.36. The third-order valence-corrected chi connectivity index (χ3v) is 4.80. The molecule has 2 aromatic rings. The van der Waals surface area contributed by atoms with Crippen LogP contribution in [0.15, 0.2) is 48.8 Å². The fourth-order valence-corrected chi connectivity index (χ4v) is 3.53. The number of carbonyl (C=O) groups is 1. The van der Waals surface area contributed by atoms with Crippen molar-refractivity contribution in [2.75, 3.05) is 13.1 Å². The first-order valence-electron chi connectivity index (χ1n) is 8.84. The van der Waals surface area contributed by atoms with E-state index in [2.05, 4.69) is 21.3 Å². The van der Waals surface area contributed by atoms with E-state index in [0.717, 1.165) is 49.5 Å². The Labute approximate surface area is 154 Å². The summed E-state index contributed by atoms with van der Waals surface area (Å²) in [6.45, 7) is 2.96. The summed E-state index contributed by atoms with van der Waals surface area (Å²) in [6.07, 6.45) is 6.99. The van der Waals surface area contributed by atoms with E-state index in [9.17, 15) is 4.79 Å². The minimum absolute atomic E-state index is 0.0845. The highest BCUT2D eigenvalue weighted by Crippen LogP contribution is 2.16. The highest BCUT2D eigenvalue weighted by atomic mass is 35.5. The summed E-state index contributed by atoms with van der Waals surface area (Å²) in [4.78, 5) is 18.7. The van der Waals surface area contributed by atoms with Crippen molar-refractivity contribution in [3.63, 3.8) is 0 Å². The Morgan fingerprint density at radius 1 is 1.20 bits per heavy atom. The predicted octanol–water partition coefficient (Wildman–Crippen LogP) is 3.45. The number of likely N-dealkylation sites (tertiary alicyclic amines) is 1. The Kier molecular flexibility index (Phi) is 6.42. The topological polar surface area (TPSA) is 45.2 Å². The molecule has 0 spiro atoms. The lowest BCUT2D eigenvalue weighted by molar-refractivity contribution is -0.121. The molecule has 1 aliphatic rings. The zero-order valence-electron chi connectivity index (χ0n) is 14.3. The third-order valence-electron chi connectivity index (χ3n) is 4.57. The molecule has 1 aromatic carbocycles. The number of carbonyl (C=O) groups excluding carboxylic acids is 1. The minimum Gasteiger partial charge on any atom is -0.353 e. The average molecular weight is 358 g/mol. The quantitative estimate of drug-likeness (QED) is 0.891. The Morgan fingerprint density at radius 2 is 2.08 bits per heavy atom. The van der Waals surface area contributed by atoms with Gasteiger partial charge in [-0.05, 0) is 55.1 Å². The summed E-state index contributed by atoms with van der Waals surface area (Å²) in [5.41, 5.74) is 2.20. The summed E-state index contributed by atoms with van der Waals surface area (Å²) in [5.74, 6) is 0.0845. The Hall–Kier alpha value is -1.91. The van der Waals surface area contributed by atoms with Gasteiger partial charge < -0.3 is 5.32 Å². The number of nitrogens with zero attached hydrogens (tertiary/aromatic N) is 2. The molecule has 5 heteroatoms. The number of hydrogen-bond acceptors (Lipinski definition) is 3. The predicted molar refractivity (Wildman–Crippen MR) is 100 cm³/mol. The molecule has 1 aromatic heterocycles. The van der Waals surface area contributed by atoms with Crippen LogP contribution < -0.4 is 5.32 Å². The van der Waals surface area contributed by atoms with Gasteiger partial charge in [0.2, 0.25) is 5.91 Å². The first-order chi connectivity index (χ1) is 12.2. The Balaban J connectivity index is 1.47. The van der Waals surface area contributed by atoms with E-state index in [1.54, 1.807) is 12.4 Å². The molecule has 3 rings (SSSR count). The van der Waals surface area contributed by atoms with Gasteiger partial charge in [-0.1, -0.05) is 29.8 Å². The number of nitrogens with one attached hydrogen (secondary N) is 1. The highest BCUT2D eigenvalue weighted by Gasteiger charge is 2.19. The van der Waals surface area contributed by atoms with Gasteiger partial charge in [0.1, 0.15) is 0 Å². The van der Waals surface area contributed by atoms with Gasteiger partial charge in [-0.2, -0.15) is 0 Å². The van der Waals surface area contributed by atoms with Crippen LogP contribution in [0.2, 0.25) is 5.02 Å². The van der Waals surface area contributed by atoms with Crippen LogP contribution in [0, 0.1) is 0 Å². The molecule has 1 amide bonds. The number of rotatable bonds is 5. The van der Waals surface area contributed by atoms with Crippen LogP contribution in [0.3, 0.4) is 0 Å². The molecule has 0 bridgehead atoms. The van der Waals surface area contributed by atoms with Gasteiger partial charge in [-0.25, -0.2) is 0 Å². The van der Waals surface area contributed by atoms with Crippen molar-refractivity contribution < 1.29 is 4.79 Å². The van der Waals surface area contributed by atoms with Crippen LogP contribution in [0.25, 0.3) is 0 Å². The summed E-state index contributed by atoms with van der Waals surface area (Å²) < 4.78 is 0. The molecule has 1 saturated heterocycles. The molecule has 0 saturated carbocycles. The van der Waals surface area contributed by atoms with Crippen LogP contribution in [-0.2, 0) is 17.8 Å². The normalized spacial score (nSPS) is 18.5. The van der Waals surface area contributed by atoms with E-state index in [-0.39, 0.29) is 11.9 Å². The number of benzene rings is 1. The van der Waals surface area contributed by atoms with Crippen molar-refractivity contribution in [1.82, 2.24) is 15.2 Å². The van der Waals surface area contributed by atoms with Crippen LogP contribution in [0.1, 0.15) is 30.4 Å². The fraction of sp³-hybridized carbons (Fsp3) is 0.400. The summed E-state index contributed by atoms with van der Waals surface area (Å²) in [5, 5.41) is 3.97. The van der Waals surface area contributed by atoms with E-state index in [0.29, 0.717) is 6.42 Å². The second kappa shape index (κ2) is 8.97. The van der Waals surface area contributed by atoms with Crippen molar-refractivity contribution in [3.8, 4) is 0 Å². The van der Waals surface area contributed by atoms with E-state index in [4.69, 9.17) is 11.6 Å². The van der Waals surface area contributed by atoms with Crippen LogP contribution in [-0.4, -0.2) is 34.9 Å². The molecule has 1 atom stereocenters. The molecule has 0 unspecified atom stereocenters. The number of aromatic nitrogens is 1. The maximum absolute atomic E-state index is 12.2. The molecule has 2 heterocycles. The molecular formula is C20H24ClN3O. The van der Waals surface area contributed by atoms with Gasteiger partial charge >= 0.3 is 0 Å². The monoisotopic (exact) mass is 357 g/mol. The van der Waals surface area contributed by atoms with Crippen molar-refractivity contribution in [2.45, 2.75) is 38.3 Å². The SMILES string of the molecule is O=C(Cc1cccnc1)N[C@@H]1CCCN(Cc2cccc(Cl)c2)CC1. The van der Waals surface area contributed by atoms with Gasteiger partial charge in [-0.15, -0.1) is 0 Å². The first-order valence-corrected chi connectivity index (χ1v) is 9.22. The molecule has 1 aliphatic heterocycles. The number of amides is 1. The van der Waals surface area contributed by atoms with E-state index in [1.165, 1.54) is 5.56 Å². The number of hydrogen-bond donors (Lipinski definition) is 1. The highest BCUT2D eigenvalue weighted by molar-refractivity contribution is 6.30. The van der Waals surface area contributed by atoms with Gasteiger partial charge in [-0.3, -0.25) is 14.7 Å². The molecule has 4 nitrogen and oxygen atoms in total. The van der Waals surface area contributed by atoms with Crippen molar-refractivity contribution in [3.05, 3.63) is 64.9 Å². The van der Waals surface area contributed by atoms with Crippen molar-refractivity contribution in [2.24, 2.45) is 0 Å². The smallest absolute Gasteiger partial charge is 0.224 e. The molecule has 25 heavy (non-hydrogen) atoms. The maximum Gasteiger partial charge on any atom is 0.224 e. The zero-order chi connectivity index (χ0) is 17.5. The molecule has 1 fully saturated rings. The third kappa shape index (κ3) is 5.83. The summed E-state index contributed by atoms with van der Waals surface area (Å²) >= 11 is 6.07. The van der Waals surface area contributed by atoms with Gasteiger partial charge in [0.15, 0.2) is 0 Å². The number of pyridine rings is 1. The van der Waals surface area contributed by atoms with E-state index >= 15 is 0 Å². The first kappa shape index (κ1) is 17.9. The fourth-order valence-electron chi connectivity index (χ4n) is 3.32. The molecule has 132 valence electrons. The molecule has 0 aliphatic carbocycles. The van der Waals surface area contributed by atoms with Gasteiger partial charge in [0, 0.05) is 36.5 Å². The van der Waals surface area contributed by atoms with Crippen molar-refractivity contribution in [1.29, 1.82) is 0 Å². The van der Waals surface area contributed by atoms with Crippen LogP contribution in [0.5, 0.6) is 0 Å². The molecule has 0 radical (unpaired) electrons. The summed E-state index contributed by atoms with van der Waals surface area (Å²) in [6, 6.07) is 12.1. The Morgan fingerprint density at radius 3 is 2.88 bits per heavy atom. The van der Waals surface area contributed by atoms with Gasteiger partial charge in [0.25, 0.3) is 0 Å². The van der Waals surface area contributed by atoms with Crippen molar-refractivity contribution >= 4 is 17.5 Å². The lowest BCUT2D eigenvalue weighted by Gasteiger charge is -2.20. The standard InChI is InChI=1S/C20H24ClN3O/c21-18-6-1-4-17(12-18)15-24-10-3-7-19(8-11-24)23-20(25)13-16-5-2-9-22-14-16/h1-2,4-6,9,12,14,19H,3,7-8,10-11,13,15H2,(H,23,25)/t19-/m1/s1. The zero-order valence-corrected chi connectivity index (χ0v) is 15.1. The second-order valence-electron chi connectivity index (χ2n) is 6.64. The van der Waals surface area contributed by atoms with E-state index in [1.807, 2.05) is 30.3 Å². The lowest BCUT2D eigenvalue weighted by atomic mass is 10.1. The van der Waals surface area contributed by atoms with E-state index < -0.39 is 0 Å². The molecule has 1 N–H and O–H groups in total. The Bertz CT molecular complexity index is 692. The molecular weight excluding hydrogens is 334 g/mol. The minimum atomic E-state index is 0.0845. The number of halogens is 1. The average Bonchev–Trinajstić information content (AvgIpc) is 2.81. The van der Waals surface area contributed by atoms with Crippen LogP contribution in [0.4, 0.5) is 0 Å². The summed E-state index contributed by atoms with van der Waals surface area (Å²) in [7, 11) is 0. The maximum atomic E-state index is 12.2. The van der Waals surface area contributed by atoms with Crippen LogP contribution >= 0.6 is 11.6 Å². The largest absolute Gasteiger partial charge is 0.353 e.